The van der Waals surface area contributed by atoms with Crippen LogP contribution in [0.2, 0.25) is 0 Å². The Kier molecular flexibility index (Phi) is 28.8. The lowest BCUT2D eigenvalue weighted by Gasteiger charge is -2.29. The van der Waals surface area contributed by atoms with E-state index >= 15 is 0 Å². The Hall–Kier alpha value is -1.16. The van der Waals surface area contributed by atoms with Crippen molar-refractivity contribution in [2.45, 2.75) is 199 Å². The molecule has 0 radical (unpaired) electrons. The van der Waals surface area contributed by atoms with Crippen LogP contribution in [0.1, 0.15) is 187 Å². The summed E-state index contributed by atoms with van der Waals surface area (Å²) < 4.78 is 14.2. The van der Waals surface area contributed by atoms with Crippen molar-refractivity contribution in [2.24, 2.45) is 0 Å². The van der Waals surface area contributed by atoms with E-state index in [9.17, 15) is 0 Å². The lowest BCUT2D eigenvalue weighted by Crippen LogP contribution is -2.38. The largest absolute Gasteiger partial charge is 0.347 e. The average Bonchev–Trinajstić information content (AvgIpc) is 3.46. The van der Waals surface area contributed by atoms with Crippen LogP contribution in [0.15, 0.2) is 48.6 Å². The fourth-order valence-electron chi connectivity index (χ4n) is 6.44. The Balaban J connectivity index is 2.20. The van der Waals surface area contributed by atoms with Gasteiger partial charge in [-0.1, -0.05) is 140 Å². The maximum atomic E-state index is 6.74. The zero-order valence-corrected chi connectivity index (χ0v) is 32.5. The molecule has 1 aliphatic rings. The van der Waals surface area contributed by atoms with E-state index in [1.165, 1.54) is 141 Å². The molecule has 0 aromatic rings. The van der Waals surface area contributed by atoms with Crippen molar-refractivity contribution in [1.82, 2.24) is 0 Å². The maximum absolute atomic E-state index is 6.74. The van der Waals surface area contributed by atoms with Gasteiger partial charge in [-0.25, -0.2) is 0 Å². The standard InChI is InChI=1S/C44H82NO2/c1-6-8-10-12-14-16-18-20-22-24-26-28-30-32-34-36-39-44(46-42-43(47-44)38-41-45(3,4)5)40-37-35-33-31-29-27-25-23-21-19-17-15-13-11-9-7-2/h14-17,20-23,43H,6-13,18-19,24-42H2,1-5H3/q+1. The number of ether oxygens (including phenoxy) is 2. The molecular weight excluding hydrogens is 574 g/mol. The number of nitrogens with zero attached hydrogens (tertiary/aromatic N) is 1. The highest BCUT2D eigenvalue weighted by Gasteiger charge is 2.40. The zero-order chi connectivity index (χ0) is 34.2. The molecule has 1 unspecified atom stereocenters. The molecule has 0 N–H and O–H groups in total. The second-order valence-corrected chi connectivity index (χ2v) is 15.4. The lowest BCUT2D eigenvalue weighted by atomic mass is 9.98. The van der Waals surface area contributed by atoms with Crippen LogP contribution >= 0.6 is 0 Å². The van der Waals surface area contributed by atoms with Gasteiger partial charge in [0.25, 0.3) is 0 Å². The molecule has 1 rings (SSSR count). The van der Waals surface area contributed by atoms with E-state index in [2.05, 4.69) is 83.6 Å². The summed E-state index contributed by atoms with van der Waals surface area (Å²) in [6.07, 6.45) is 53.4. The van der Waals surface area contributed by atoms with E-state index < -0.39 is 0 Å². The molecule has 0 bridgehead atoms. The third-order valence-corrected chi connectivity index (χ3v) is 9.55. The third kappa shape index (κ3) is 28.4. The maximum Gasteiger partial charge on any atom is 0.168 e. The lowest BCUT2D eigenvalue weighted by molar-refractivity contribution is -0.870. The first kappa shape index (κ1) is 43.9. The molecule has 3 nitrogen and oxygen atoms in total. The molecule has 1 fully saturated rings. The van der Waals surface area contributed by atoms with Gasteiger partial charge in [-0.05, 0) is 77.0 Å². The van der Waals surface area contributed by atoms with Crippen molar-refractivity contribution in [3.05, 3.63) is 48.6 Å². The molecule has 274 valence electrons. The Labute approximate surface area is 295 Å². The number of quaternary nitrogens is 1. The highest BCUT2D eigenvalue weighted by atomic mass is 16.7. The van der Waals surface area contributed by atoms with Crippen LogP contribution in [-0.4, -0.2) is 50.7 Å². The van der Waals surface area contributed by atoms with Gasteiger partial charge in [-0.15, -0.1) is 0 Å². The number of rotatable bonds is 33. The van der Waals surface area contributed by atoms with Crippen molar-refractivity contribution in [1.29, 1.82) is 0 Å². The van der Waals surface area contributed by atoms with Crippen LogP contribution in [0.25, 0.3) is 0 Å². The average molecular weight is 657 g/mol. The minimum absolute atomic E-state index is 0.265. The topological polar surface area (TPSA) is 18.5 Å². The van der Waals surface area contributed by atoms with E-state index in [-0.39, 0.29) is 11.9 Å². The summed E-state index contributed by atoms with van der Waals surface area (Å²) in [6, 6.07) is 0. The molecule has 0 spiro atoms. The van der Waals surface area contributed by atoms with Gasteiger partial charge in [0, 0.05) is 19.3 Å². The molecular formula is C44H82NO2+. The van der Waals surface area contributed by atoms with Gasteiger partial charge < -0.3 is 14.0 Å². The Bertz CT molecular complexity index is 741. The quantitative estimate of drug-likeness (QED) is 0.0397. The Morgan fingerprint density at radius 2 is 0.894 bits per heavy atom. The predicted octanol–water partition coefficient (Wildman–Crippen LogP) is 13.6. The third-order valence-electron chi connectivity index (χ3n) is 9.55. The summed E-state index contributed by atoms with van der Waals surface area (Å²) in [6.45, 7) is 6.46. The van der Waals surface area contributed by atoms with Gasteiger partial charge in [0.1, 0.15) is 0 Å². The summed E-state index contributed by atoms with van der Waals surface area (Å²) in [5.74, 6) is -0.319. The molecule has 1 heterocycles. The smallest absolute Gasteiger partial charge is 0.168 e. The number of unbranched alkanes of at least 4 members (excludes halogenated alkanes) is 18. The summed E-state index contributed by atoms with van der Waals surface area (Å²) in [7, 11) is 6.83. The second kappa shape index (κ2) is 30.9. The van der Waals surface area contributed by atoms with Crippen LogP contribution in [0, 0.1) is 0 Å². The monoisotopic (exact) mass is 657 g/mol. The van der Waals surface area contributed by atoms with Gasteiger partial charge in [-0.2, -0.15) is 0 Å². The first-order chi connectivity index (χ1) is 22.9. The minimum atomic E-state index is -0.319. The first-order valence-corrected chi connectivity index (χ1v) is 20.6. The van der Waals surface area contributed by atoms with Crippen molar-refractivity contribution < 1.29 is 14.0 Å². The van der Waals surface area contributed by atoms with Crippen molar-refractivity contribution >= 4 is 0 Å². The zero-order valence-electron chi connectivity index (χ0n) is 32.5. The Morgan fingerprint density at radius 3 is 1.30 bits per heavy atom. The van der Waals surface area contributed by atoms with Crippen LogP contribution in [-0.2, 0) is 9.47 Å². The molecule has 0 aliphatic carbocycles. The summed E-state index contributed by atoms with van der Waals surface area (Å²) in [5.41, 5.74) is 0. The fraction of sp³-hybridized carbons (Fsp3) is 0.818. The molecule has 0 aromatic heterocycles. The highest BCUT2D eigenvalue weighted by molar-refractivity contribution is 4.93. The van der Waals surface area contributed by atoms with Gasteiger partial charge in [0.15, 0.2) is 5.79 Å². The van der Waals surface area contributed by atoms with Crippen LogP contribution in [0.3, 0.4) is 0 Å². The number of hydrogen-bond acceptors (Lipinski definition) is 2. The van der Waals surface area contributed by atoms with Gasteiger partial charge >= 0.3 is 0 Å². The van der Waals surface area contributed by atoms with E-state index in [4.69, 9.17) is 9.47 Å². The van der Waals surface area contributed by atoms with Crippen molar-refractivity contribution in [3.63, 3.8) is 0 Å². The summed E-state index contributed by atoms with van der Waals surface area (Å²) >= 11 is 0. The molecule has 0 amide bonds. The SMILES string of the molecule is CCCCCC=CCC=CCCCCCCCCC1(CCCCCCCCC=CCC=CCCCCC)OCC(CC[N+](C)(C)C)O1. The van der Waals surface area contributed by atoms with Crippen LogP contribution < -0.4 is 0 Å². The van der Waals surface area contributed by atoms with Crippen LogP contribution in [0.5, 0.6) is 0 Å². The molecule has 0 aromatic carbocycles. The Morgan fingerprint density at radius 1 is 0.511 bits per heavy atom. The van der Waals surface area contributed by atoms with Gasteiger partial charge in [-0.3, -0.25) is 0 Å². The molecule has 3 heteroatoms. The van der Waals surface area contributed by atoms with E-state index in [1.807, 2.05) is 0 Å². The van der Waals surface area contributed by atoms with E-state index in [0.717, 1.165) is 49.7 Å². The predicted molar refractivity (Wildman–Crippen MR) is 209 cm³/mol. The van der Waals surface area contributed by atoms with E-state index in [0.29, 0.717) is 0 Å². The molecule has 1 aliphatic heterocycles. The molecule has 0 saturated carbocycles. The molecule has 1 saturated heterocycles. The van der Waals surface area contributed by atoms with Crippen molar-refractivity contribution in [3.8, 4) is 0 Å². The van der Waals surface area contributed by atoms with Gasteiger partial charge in [0.05, 0.1) is 40.4 Å². The van der Waals surface area contributed by atoms with Crippen molar-refractivity contribution in [2.75, 3.05) is 34.3 Å². The molecule has 47 heavy (non-hydrogen) atoms. The summed E-state index contributed by atoms with van der Waals surface area (Å²) in [5, 5.41) is 0. The van der Waals surface area contributed by atoms with E-state index in [1.54, 1.807) is 0 Å². The normalized spacial score (nSPS) is 19.1. The summed E-state index contributed by atoms with van der Waals surface area (Å²) in [4.78, 5) is 0. The number of allylic oxidation sites excluding steroid dienone is 8. The second-order valence-electron chi connectivity index (χ2n) is 15.4. The minimum Gasteiger partial charge on any atom is -0.347 e. The number of hydrogen-bond donors (Lipinski definition) is 0. The van der Waals surface area contributed by atoms with Crippen LogP contribution in [0.4, 0.5) is 0 Å². The van der Waals surface area contributed by atoms with Gasteiger partial charge in [0.2, 0.25) is 0 Å². The highest BCUT2D eigenvalue weighted by Crippen LogP contribution is 2.35. The first-order valence-electron chi connectivity index (χ1n) is 20.6. The fourth-order valence-corrected chi connectivity index (χ4v) is 6.44. The molecule has 1 atom stereocenters.